The van der Waals surface area contributed by atoms with Crippen LogP contribution in [0.5, 0.6) is 0 Å². The maximum absolute atomic E-state index is 5.90. The van der Waals surface area contributed by atoms with Crippen LogP contribution in [0.4, 0.5) is 5.69 Å². The highest BCUT2D eigenvalue weighted by atomic mass is 79.9. The van der Waals surface area contributed by atoms with Crippen molar-refractivity contribution in [3.05, 3.63) is 63.1 Å². The van der Waals surface area contributed by atoms with Gasteiger partial charge in [0.2, 0.25) is 0 Å². The van der Waals surface area contributed by atoms with Crippen molar-refractivity contribution < 1.29 is 0 Å². The Morgan fingerprint density at radius 3 is 2.44 bits per heavy atom. The van der Waals surface area contributed by atoms with Gasteiger partial charge >= 0.3 is 0 Å². The lowest BCUT2D eigenvalue weighted by Gasteiger charge is -2.18. The van der Waals surface area contributed by atoms with Crippen molar-refractivity contribution in [1.82, 2.24) is 0 Å². The summed E-state index contributed by atoms with van der Waals surface area (Å²) in [7, 11) is 0. The summed E-state index contributed by atoms with van der Waals surface area (Å²) in [5.41, 5.74) is 3.59. The van der Waals surface area contributed by atoms with E-state index in [4.69, 9.17) is 11.6 Å². The third-order valence-corrected chi connectivity index (χ3v) is 4.12. The molecule has 0 radical (unpaired) electrons. The van der Waals surface area contributed by atoms with Crippen LogP contribution >= 0.6 is 27.5 Å². The van der Waals surface area contributed by atoms with Crippen LogP contribution in [0.25, 0.3) is 0 Å². The molecule has 18 heavy (non-hydrogen) atoms. The van der Waals surface area contributed by atoms with E-state index in [9.17, 15) is 0 Å². The average Bonchev–Trinajstić information content (AvgIpc) is 2.36. The zero-order valence-corrected chi connectivity index (χ0v) is 12.7. The topological polar surface area (TPSA) is 12.0 Å². The van der Waals surface area contributed by atoms with Crippen molar-refractivity contribution in [2.75, 3.05) is 5.32 Å². The normalized spacial score (nSPS) is 12.2. The van der Waals surface area contributed by atoms with E-state index in [-0.39, 0.29) is 6.04 Å². The smallest absolute Gasteiger partial charge is 0.0485 e. The van der Waals surface area contributed by atoms with Gasteiger partial charge in [-0.2, -0.15) is 0 Å². The largest absolute Gasteiger partial charge is 0.378 e. The Bertz CT molecular complexity index is 537. The lowest BCUT2D eigenvalue weighted by atomic mass is 10.1. The Hall–Kier alpha value is -0.990. The highest BCUT2D eigenvalue weighted by molar-refractivity contribution is 9.10. The lowest BCUT2D eigenvalue weighted by molar-refractivity contribution is 0.882. The molecule has 0 saturated heterocycles. The third kappa shape index (κ3) is 3.06. The molecule has 0 heterocycles. The lowest BCUT2D eigenvalue weighted by Crippen LogP contribution is -2.07. The molecule has 3 heteroatoms. The van der Waals surface area contributed by atoms with Gasteiger partial charge < -0.3 is 5.32 Å². The van der Waals surface area contributed by atoms with Gasteiger partial charge in [-0.1, -0.05) is 45.7 Å². The first-order valence-electron chi connectivity index (χ1n) is 5.85. The number of benzene rings is 2. The van der Waals surface area contributed by atoms with Gasteiger partial charge in [0.1, 0.15) is 0 Å². The first-order chi connectivity index (χ1) is 8.58. The van der Waals surface area contributed by atoms with Crippen LogP contribution in [0, 0.1) is 6.92 Å². The van der Waals surface area contributed by atoms with E-state index in [1.54, 1.807) is 0 Å². The quantitative estimate of drug-likeness (QED) is 0.776. The van der Waals surface area contributed by atoms with Gasteiger partial charge in [0.05, 0.1) is 0 Å². The van der Waals surface area contributed by atoms with E-state index in [0.717, 1.165) is 15.2 Å². The fourth-order valence-corrected chi connectivity index (χ4v) is 2.32. The average molecular weight is 325 g/mol. The van der Waals surface area contributed by atoms with E-state index in [2.05, 4.69) is 41.2 Å². The van der Waals surface area contributed by atoms with Crippen LogP contribution in [0.3, 0.4) is 0 Å². The summed E-state index contributed by atoms with van der Waals surface area (Å²) in [6.45, 7) is 4.24. The van der Waals surface area contributed by atoms with Crippen LogP contribution in [0.2, 0.25) is 5.02 Å². The van der Waals surface area contributed by atoms with Gasteiger partial charge in [-0.25, -0.2) is 0 Å². The van der Waals surface area contributed by atoms with Crippen LogP contribution in [-0.2, 0) is 0 Å². The van der Waals surface area contributed by atoms with Gasteiger partial charge in [0, 0.05) is 21.2 Å². The highest BCUT2D eigenvalue weighted by Gasteiger charge is 2.07. The van der Waals surface area contributed by atoms with E-state index < -0.39 is 0 Å². The van der Waals surface area contributed by atoms with E-state index in [1.165, 1.54) is 11.1 Å². The molecule has 2 aromatic rings. The molecule has 0 fully saturated rings. The van der Waals surface area contributed by atoms with Crippen molar-refractivity contribution >= 4 is 33.2 Å². The first-order valence-corrected chi connectivity index (χ1v) is 7.02. The minimum Gasteiger partial charge on any atom is -0.378 e. The molecule has 1 nitrogen and oxygen atoms in total. The molecule has 1 unspecified atom stereocenters. The maximum Gasteiger partial charge on any atom is 0.0485 e. The van der Waals surface area contributed by atoms with Gasteiger partial charge in [-0.3, -0.25) is 0 Å². The van der Waals surface area contributed by atoms with E-state index >= 15 is 0 Å². The van der Waals surface area contributed by atoms with Crippen LogP contribution < -0.4 is 5.32 Å². The second-order valence-electron chi connectivity index (χ2n) is 4.33. The van der Waals surface area contributed by atoms with Gasteiger partial charge in [0.25, 0.3) is 0 Å². The molecular formula is C15H15BrClN. The number of hydrogen-bond acceptors (Lipinski definition) is 1. The molecule has 0 aromatic heterocycles. The number of nitrogens with one attached hydrogen (secondary N) is 1. The van der Waals surface area contributed by atoms with Crippen molar-refractivity contribution in [3.8, 4) is 0 Å². The van der Waals surface area contributed by atoms with E-state index in [0.29, 0.717) is 0 Å². The molecule has 1 N–H and O–H groups in total. The van der Waals surface area contributed by atoms with Gasteiger partial charge in [0.15, 0.2) is 0 Å². The third-order valence-electron chi connectivity index (χ3n) is 3.01. The molecule has 94 valence electrons. The molecule has 0 aliphatic carbocycles. The molecule has 1 atom stereocenters. The Kier molecular flexibility index (Phi) is 4.31. The molecule has 0 spiro atoms. The van der Waals surface area contributed by atoms with Crippen molar-refractivity contribution in [2.45, 2.75) is 19.9 Å². The highest BCUT2D eigenvalue weighted by Crippen LogP contribution is 2.27. The van der Waals surface area contributed by atoms with Crippen molar-refractivity contribution in [1.29, 1.82) is 0 Å². The second-order valence-corrected chi connectivity index (χ2v) is 5.62. The standard InChI is InChI=1S/C15H15BrClN/c1-10-14(16)4-3-5-15(10)18-11(2)12-6-8-13(17)9-7-12/h3-9,11,18H,1-2H3. The molecule has 0 bridgehead atoms. The molecule has 0 aliphatic heterocycles. The van der Waals surface area contributed by atoms with Crippen LogP contribution in [0.15, 0.2) is 46.9 Å². The zero-order valence-electron chi connectivity index (χ0n) is 10.4. The maximum atomic E-state index is 5.90. The second kappa shape index (κ2) is 5.77. The minimum absolute atomic E-state index is 0.246. The Labute approximate surface area is 121 Å². The SMILES string of the molecule is Cc1c(Br)cccc1NC(C)c1ccc(Cl)cc1. The van der Waals surface area contributed by atoms with Crippen molar-refractivity contribution in [3.63, 3.8) is 0 Å². The predicted octanol–water partition coefficient (Wildman–Crippen LogP) is 5.58. The summed E-state index contributed by atoms with van der Waals surface area (Å²) in [5, 5.41) is 4.28. The Balaban J connectivity index is 2.18. The summed E-state index contributed by atoms with van der Waals surface area (Å²) in [4.78, 5) is 0. The number of halogens is 2. The first kappa shape index (κ1) is 13.4. The molecule has 0 aliphatic rings. The minimum atomic E-state index is 0.246. The van der Waals surface area contributed by atoms with E-state index in [1.807, 2.05) is 36.4 Å². The number of anilines is 1. The van der Waals surface area contributed by atoms with Crippen molar-refractivity contribution in [2.24, 2.45) is 0 Å². The summed E-state index contributed by atoms with van der Waals surface area (Å²) in [6, 6.07) is 14.4. The monoisotopic (exact) mass is 323 g/mol. The van der Waals surface area contributed by atoms with Crippen LogP contribution in [0.1, 0.15) is 24.1 Å². The Morgan fingerprint density at radius 1 is 1.11 bits per heavy atom. The number of rotatable bonds is 3. The molecule has 0 saturated carbocycles. The molecular weight excluding hydrogens is 310 g/mol. The fourth-order valence-electron chi connectivity index (χ4n) is 1.83. The summed E-state index contributed by atoms with van der Waals surface area (Å²) < 4.78 is 1.12. The summed E-state index contributed by atoms with van der Waals surface area (Å²) >= 11 is 9.44. The van der Waals surface area contributed by atoms with Gasteiger partial charge in [-0.05, 0) is 49.2 Å². The fraction of sp³-hybridized carbons (Fsp3) is 0.200. The molecule has 0 amide bonds. The summed E-state index contributed by atoms with van der Waals surface area (Å²) in [6.07, 6.45) is 0. The predicted molar refractivity (Wildman–Crippen MR) is 82.4 cm³/mol. The molecule has 2 aromatic carbocycles. The zero-order chi connectivity index (χ0) is 13.1. The molecule has 2 rings (SSSR count). The summed E-state index contributed by atoms with van der Waals surface area (Å²) in [5.74, 6) is 0. The number of hydrogen-bond donors (Lipinski definition) is 1. The van der Waals surface area contributed by atoms with Crippen LogP contribution in [-0.4, -0.2) is 0 Å². The van der Waals surface area contributed by atoms with Gasteiger partial charge in [-0.15, -0.1) is 0 Å². The Morgan fingerprint density at radius 2 is 1.78 bits per heavy atom.